The molecular formula is C29H28N6O3. The summed E-state index contributed by atoms with van der Waals surface area (Å²) in [6.45, 7) is 2.88. The summed E-state index contributed by atoms with van der Waals surface area (Å²) >= 11 is 0. The molecule has 1 atom stereocenters. The minimum Gasteiger partial charge on any atom is -0.486 e. The first kappa shape index (κ1) is 24.0. The van der Waals surface area contributed by atoms with Crippen LogP contribution in [0.15, 0.2) is 60.4 Å². The van der Waals surface area contributed by atoms with Crippen molar-refractivity contribution in [3.8, 4) is 11.8 Å². The van der Waals surface area contributed by atoms with Gasteiger partial charge in [0.05, 0.1) is 35.7 Å². The standard InChI is InChI=1S/C29H28N6O3/c30-15-20-16-33-25-14-27(38-22-6-10-37-17-22)26(35-28(36)11-18-3-7-31-8-4-18)13-23(25)29(20)34-21-1-2-24-19(12-21)5-9-32-24/h1-2,5,9,11-14,16,22,31-32H,3-4,6-8,10,17H2,(H,33,34)(H,35,36). The Bertz CT molecular complexity index is 1570. The van der Waals surface area contributed by atoms with Crippen molar-refractivity contribution in [2.24, 2.45) is 0 Å². The van der Waals surface area contributed by atoms with Gasteiger partial charge in [-0.3, -0.25) is 9.78 Å². The first-order valence-corrected chi connectivity index (χ1v) is 12.8. The zero-order chi connectivity index (χ0) is 25.9. The Morgan fingerprint density at radius 2 is 2.11 bits per heavy atom. The number of fused-ring (bicyclic) bond motifs is 2. The highest BCUT2D eigenvalue weighted by atomic mass is 16.5. The first-order valence-electron chi connectivity index (χ1n) is 12.8. The summed E-state index contributed by atoms with van der Waals surface area (Å²) in [7, 11) is 0. The lowest BCUT2D eigenvalue weighted by Crippen LogP contribution is -2.24. The average Bonchev–Trinajstić information content (AvgIpc) is 3.62. The highest BCUT2D eigenvalue weighted by Crippen LogP contribution is 2.37. The van der Waals surface area contributed by atoms with Crippen LogP contribution in [0.4, 0.5) is 17.1 Å². The van der Waals surface area contributed by atoms with Gasteiger partial charge in [-0.2, -0.15) is 5.26 Å². The first-order chi connectivity index (χ1) is 18.7. The molecule has 6 rings (SSSR count). The molecule has 0 saturated carbocycles. The summed E-state index contributed by atoms with van der Waals surface area (Å²) in [6, 6.07) is 13.9. The quantitative estimate of drug-likeness (QED) is 0.277. The molecule has 0 bridgehead atoms. The number of anilines is 3. The van der Waals surface area contributed by atoms with Crippen LogP contribution < -0.4 is 20.7 Å². The molecule has 9 nitrogen and oxygen atoms in total. The minimum atomic E-state index is -0.203. The lowest BCUT2D eigenvalue weighted by Gasteiger charge is -2.19. The van der Waals surface area contributed by atoms with Gasteiger partial charge in [0, 0.05) is 52.9 Å². The van der Waals surface area contributed by atoms with Crippen molar-refractivity contribution in [3.05, 3.63) is 66.0 Å². The van der Waals surface area contributed by atoms with E-state index in [1.807, 2.05) is 42.6 Å². The van der Waals surface area contributed by atoms with Crippen molar-refractivity contribution in [2.75, 3.05) is 36.9 Å². The second kappa shape index (κ2) is 10.5. The number of benzene rings is 2. The van der Waals surface area contributed by atoms with E-state index in [4.69, 9.17) is 9.47 Å². The van der Waals surface area contributed by atoms with Crippen LogP contribution in [0.2, 0.25) is 0 Å². The molecule has 1 unspecified atom stereocenters. The van der Waals surface area contributed by atoms with Crippen molar-refractivity contribution in [3.63, 3.8) is 0 Å². The Morgan fingerprint density at radius 1 is 1.21 bits per heavy atom. The van der Waals surface area contributed by atoms with Gasteiger partial charge in [-0.15, -0.1) is 0 Å². The van der Waals surface area contributed by atoms with E-state index in [0.717, 1.165) is 54.5 Å². The number of nitriles is 1. The molecule has 192 valence electrons. The highest BCUT2D eigenvalue weighted by Gasteiger charge is 2.21. The third-order valence-corrected chi connectivity index (χ3v) is 6.93. The lowest BCUT2D eigenvalue weighted by atomic mass is 10.0. The number of hydrogen-bond acceptors (Lipinski definition) is 7. The molecule has 4 aromatic rings. The number of H-pyrrole nitrogens is 1. The number of nitrogens with zero attached hydrogens (tertiary/aromatic N) is 2. The van der Waals surface area contributed by atoms with Gasteiger partial charge in [-0.25, -0.2) is 0 Å². The number of aromatic amines is 1. The van der Waals surface area contributed by atoms with Crippen LogP contribution in [0.3, 0.4) is 0 Å². The number of nitrogens with one attached hydrogen (secondary N) is 4. The molecule has 4 N–H and O–H groups in total. The highest BCUT2D eigenvalue weighted by molar-refractivity contribution is 6.05. The van der Waals surface area contributed by atoms with E-state index in [2.05, 4.69) is 32.0 Å². The van der Waals surface area contributed by atoms with Gasteiger partial charge in [0.25, 0.3) is 0 Å². The fraction of sp³-hybridized carbons (Fsp3) is 0.276. The molecule has 9 heteroatoms. The third-order valence-electron chi connectivity index (χ3n) is 6.93. The third kappa shape index (κ3) is 5.05. The number of hydrogen-bond donors (Lipinski definition) is 4. The Morgan fingerprint density at radius 3 is 2.92 bits per heavy atom. The number of carbonyl (C=O) groups is 1. The topological polar surface area (TPSA) is 124 Å². The molecule has 2 aromatic heterocycles. The predicted octanol–water partition coefficient (Wildman–Crippen LogP) is 4.75. The Labute approximate surface area is 219 Å². The van der Waals surface area contributed by atoms with Gasteiger partial charge in [0.2, 0.25) is 5.91 Å². The van der Waals surface area contributed by atoms with Gasteiger partial charge >= 0.3 is 0 Å². The summed E-state index contributed by atoms with van der Waals surface area (Å²) in [5, 5.41) is 21.4. The van der Waals surface area contributed by atoms with Crippen molar-refractivity contribution in [2.45, 2.75) is 25.4 Å². The van der Waals surface area contributed by atoms with Gasteiger partial charge in [-0.05, 0) is 56.3 Å². The second-order valence-corrected chi connectivity index (χ2v) is 9.57. The van der Waals surface area contributed by atoms with Gasteiger partial charge < -0.3 is 30.4 Å². The molecule has 2 saturated heterocycles. The summed E-state index contributed by atoms with van der Waals surface area (Å²) in [5.74, 6) is 0.326. The second-order valence-electron chi connectivity index (χ2n) is 9.57. The van der Waals surface area contributed by atoms with E-state index in [9.17, 15) is 10.1 Å². The van der Waals surface area contributed by atoms with Crippen LogP contribution >= 0.6 is 0 Å². The monoisotopic (exact) mass is 508 g/mol. The van der Waals surface area contributed by atoms with E-state index in [1.54, 1.807) is 12.3 Å². The maximum absolute atomic E-state index is 13.0. The number of piperidine rings is 1. The largest absolute Gasteiger partial charge is 0.486 e. The molecular weight excluding hydrogens is 480 g/mol. The number of rotatable bonds is 6. The molecule has 2 fully saturated rings. The molecule has 2 aromatic carbocycles. The maximum Gasteiger partial charge on any atom is 0.248 e. The van der Waals surface area contributed by atoms with Crippen LogP contribution in [0.5, 0.6) is 5.75 Å². The molecule has 4 heterocycles. The van der Waals surface area contributed by atoms with E-state index in [1.165, 1.54) is 0 Å². The Kier molecular flexibility index (Phi) is 6.65. The summed E-state index contributed by atoms with van der Waals surface area (Å²) in [4.78, 5) is 20.8. The number of carbonyl (C=O) groups excluding carboxylic acids is 1. The zero-order valence-electron chi connectivity index (χ0n) is 20.8. The minimum absolute atomic E-state index is 0.102. The van der Waals surface area contributed by atoms with E-state index >= 15 is 0 Å². The Balaban J connectivity index is 1.40. The SMILES string of the molecule is N#Cc1cnc2cc(OC3CCOC3)c(NC(=O)C=C3CCNCC3)cc2c1Nc1ccc2[nH]ccc2c1. The fourth-order valence-electron chi connectivity index (χ4n) is 4.94. The number of aromatic nitrogens is 2. The summed E-state index contributed by atoms with van der Waals surface area (Å²) < 4.78 is 11.7. The average molecular weight is 509 g/mol. The molecule has 38 heavy (non-hydrogen) atoms. The summed E-state index contributed by atoms with van der Waals surface area (Å²) in [6.07, 6.45) is 7.51. The van der Waals surface area contributed by atoms with Crippen molar-refractivity contribution in [1.82, 2.24) is 15.3 Å². The van der Waals surface area contributed by atoms with E-state index in [0.29, 0.717) is 46.8 Å². The smallest absolute Gasteiger partial charge is 0.248 e. The zero-order valence-corrected chi connectivity index (χ0v) is 20.8. The van der Waals surface area contributed by atoms with E-state index in [-0.39, 0.29) is 12.0 Å². The van der Waals surface area contributed by atoms with Gasteiger partial charge in [0.15, 0.2) is 0 Å². The maximum atomic E-state index is 13.0. The molecule has 2 aliphatic rings. The number of pyridine rings is 1. The van der Waals surface area contributed by atoms with E-state index < -0.39 is 0 Å². The molecule has 0 radical (unpaired) electrons. The fourth-order valence-corrected chi connectivity index (χ4v) is 4.94. The Hall–Kier alpha value is -4.39. The number of ether oxygens (including phenoxy) is 2. The summed E-state index contributed by atoms with van der Waals surface area (Å²) in [5.41, 5.74) is 5.18. The van der Waals surface area contributed by atoms with Gasteiger partial charge in [-0.1, -0.05) is 5.57 Å². The number of amides is 1. The normalized spacial score (nSPS) is 17.3. The van der Waals surface area contributed by atoms with Crippen LogP contribution in [0, 0.1) is 11.3 Å². The predicted molar refractivity (Wildman–Crippen MR) is 147 cm³/mol. The van der Waals surface area contributed by atoms with Crippen molar-refractivity contribution in [1.29, 1.82) is 5.26 Å². The van der Waals surface area contributed by atoms with Gasteiger partial charge in [0.1, 0.15) is 17.9 Å². The van der Waals surface area contributed by atoms with Crippen LogP contribution in [-0.4, -0.2) is 48.3 Å². The van der Waals surface area contributed by atoms with Crippen LogP contribution in [0.25, 0.3) is 21.8 Å². The molecule has 2 aliphatic heterocycles. The molecule has 0 spiro atoms. The molecule has 0 aliphatic carbocycles. The van der Waals surface area contributed by atoms with Crippen LogP contribution in [0.1, 0.15) is 24.8 Å². The van der Waals surface area contributed by atoms with Crippen LogP contribution in [-0.2, 0) is 9.53 Å². The van der Waals surface area contributed by atoms with Crippen molar-refractivity contribution < 1.29 is 14.3 Å². The van der Waals surface area contributed by atoms with Crippen molar-refractivity contribution >= 4 is 44.8 Å². The lowest BCUT2D eigenvalue weighted by molar-refractivity contribution is -0.112. The molecule has 1 amide bonds.